The number of nitrogens with one attached hydrogen (secondary N) is 1. The Morgan fingerprint density at radius 2 is 1.96 bits per heavy atom. The summed E-state index contributed by atoms with van der Waals surface area (Å²) in [5, 5.41) is 20.9. The molecule has 0 unspecified atom stereocenters. The first-order chi connectivity index (χ1) is 12.6. The highest BCUT2D eigenvalue weighted by molar-refractivity contribution is 5.67. The van der Waals surface area contributed by atoms with Crippen LogP contribution in [0, 0.1) is 10.1 Å². The van der Waals surface area contributed by atoms with Crippen molar-refractivity contribution in [1.82, 2.24) is 15.5 Å². The van der Waals surface area contributed by atoms with Crippen molar-refractivity contribution in [1.29, 1.82) is 0 Å². The summed E-state index contributed by atoms with van der Waals surface area (Å²) < 4.78 is 10.5. The molecular formula is C17H14N4O5. The number of nitro groups is 1. The number of alkyl carbamates (subject to hydrolysis) is 1. The van der Waals surface area contributed by atoms with Crippen LogP contribution in [-0.2, 0) is 17.9 Å². The third-order valence-electron chi connectivity index (χ3n) is 3.37. The molecule has 1 heterocycles. The van der Waals surface area contributed by atoms with Crippen LogP contribution in [0.2, 0.25) is 0 Å². The van der Waals surface area contributed by atoms with E-state index in [-0.39, 0.29) is 30.6 Å². The number of benzene rings is 2. The summed E-state index contributed by atoms with van der Waals surface area (Å²) in [6.45, 7) is 0.130. The normalized spacial score (nSPS) is 10.3. The van der Waals surface area contributed by atoms with Crippen LogP contribution in [0.5, 0.6) is 0 Å². The molecule has 0 saturated carbocycles. The maximum absolute atomic E-state index is 11.7. The van der Waals surface area contributed by atoms with Crippen molar-refractivity contribution in [2.75, 3.05) is 0 Å². The van der Waals surface area contributed by atoms with Crippen LogP contribution in [0.4, 0.5) is 10.5 Å². The van der Waals surface area contributed by atoms with Crippen LogP contribution < -0.4 is 5.32 Å². The number of hydrogen-bond acceptors (Lipinski definition) is 7. The van der Waals surface area contributed by atoms with Crippen molar-refractivity contribution < 1.29 is 18.9 Å². The molecule has 26 heavy (non-hydrogen) atoms. The molecule has 0 aliphatic carbocycles. The minimum absolute atomic E-state index is 0.0183. The molecule has 0 atom stereocenters. The fraction of sp³-hybridized carbons (Fsp3) is 0.118. The highest BCUT2D eigenvalue weighted by atomic mass is 16.6. The molecule has 1 N–H and O–H groups in total. The zero-order valence-electron chi connectivity index (χ0n) is 13.5. The molecule has 9 heteroatoms. The molecule has 0 fully saturated rings. The van der Waals surface area contributed by atoms with Gasteiger partial charge in [-0.05, 0) is 11.6 Å². The van der Waals surface area contributed by atoms with E-state index in [1.807, 2.05) is 30.3 Å². The second kappa shape index (κ2) is 7.88. The van der Waals surface area contributed by atoms with Crippen LogP contribution in [0.3, 0.4) is 0 Å². The van der Waals surface area contributed by atoms with Gasteiger partial charge in [-0.25, -0.2) is 4.79 Å². The van der Waals surface area contributed by atoms with Crippen LogP contribution in [0.1, 0.15) is 11.5 Å². The van der Waals surface area contributed by atoms with Gasteiger partial charge in [0.05, 0.1) is 11.5 Å². The molecule has 2 aromatic carbocycles. The molecule has 0 aliphatic heterocycles. The molecule has 9 nitrogen and oxygen atoms in total. The molecule has 132 valence electrons. The number of non-ortho nitro benzene ring substituents is 1. The van der Waals surface area contributed by atoms with E-state index in [0.717, 1.165) is 5.56 Å². The number of aromatic nitrogens is 2. The van der Waals surface area contributed by atoms with E-state index in [2.05, 4.69) is 15.5 Å². The summed E-state index contributed by atoms with van der Waals surface area (Å²) in [5.74, 6) is 0.284. The minimum atomic E-state index is -0.621. The fourth-order valence-corrected chi connectivity index (χ4v) is 2.12. The van der Waals surface area contributed by atoms with Gasteiger partial charge in [0, 0.05) is 17.7 Å². The van der Waals surface area contributed by atoms with Crippen LogP contribution in [0.25, 0.3) is 11.5 Å². The average molecular weight is 354 g/mol. The van der Waals surface area contributed by atoms with Gasteiger partial charge < -0.3 is 14.5 Å². The van der Waals surface area contributed by atoms with Gasteiger partial charge >= 0.3 is 6.09 Å². The largest absolute Gasteiger partial charge is 0.445 e. The van der Waals surface area contributed by atoms with E-state index in [1.54, 1.807) is 6.07 Å². The second-order valence-corrected chi connectivity index (χ2v) is 5.22. The zero-order chi connectivity index (χ0) is 18.4. The van der Waals surface area contributed by atoms with Crippen LogP contribution in [-0.4, -0.2) is 21.2 Å². The van der Waals surface area contributed by atoms with Crippen LogP contribution in [0.15, 0.2) is 59.0 Å². The van der Waals surface area contributed by atoms with Gasteiger partial charge in [0.2, 0.25) is 11.8 Å². The summed E-state index contributed by atoms with van der Waals surface area (Å²) in [4.78, 5) is 22.0. The van der Waals surface area contributed by atoms with Crippen molar-refractivity contribution in [2.24, 2.45) is 0 Å². The van der Waals surface area contributed by atoms with E-state index in [1.165, 1.54) is 18.2 Å². The first kappa shape index (κ1) is 17.1. The lowest BCUT2D eigenvalue weighted by atomic mass is 10.2. The smallest absolute Gasteiger partial charge is 0.407 e. The molecule has 0 spiro atoms. The molecule has 1 aromatic heterocycles. The maximum Gasteiger partial charge on any atom is 0.407 e. The quantitative estimate of drug-likeness (QED) is 0.533. The van der Waals surface area contributed by atoms with Crippen molar-refractivity contribution in [2.45, 2.75) is 13.2 Å². The standard InChI is InChI=1S/C17H14N4O5/c22-17(25-11-12-5-2-1-3-6-12)18-10-15-19-20-16(26-15)13-7-4-8-14(9-13)21(23)24/h1-9H,10-11H2,(H,18,22). The van der Waals surface area contributed by atoms with Crippen molar-refractivity contribution >= 4 is 11.8 Å². The van der Waals surface area contributed by atoms with E-state index in [0.29, 0.717) is 5.56 Å². The van der Waals surface area contributed by atoms with Gasteiger partial charge in [-0.1, -0.05) is 36.4 Å². The summed E-state index contributed by atoms with van der Waals surface area (Å²) in [5.41, 5.74) is 1.21. The molecule has 3 rings (SSSR count). The summed E-state index contributed by atoms with van der Waals surface area (Å²) >= 11 is 0. The van der Waals surface area contributed by atoms with E-state index < -0.39 is 11.0 Å². The van der Waals surface area contributed by atoms with Gasteiger partial charge in [0.1, 0.15) is 6.61 Å². The summed E-state index contributed by atoms with van der Waals surface area (Å²) in [6, 6.07) is 15.1. The first-order valence-corrected chi connectivity index (χ1v) is 7.63. The topological polar surface area (TPSA) is 120 Å². The lowest BCUT2D eigenvalue weighted by Crippen LogP contribution is -2.23. The van der Waals surface area contributed by atoms with Gasteiger partial charge in [-0.15, -0.1) is 10.2 Å². The van der Waals surface area contributed by atoms with Crippen molar-refractivity contribution in [3.05, 3.63) is 76.2 Å². The van der Waals surface area contributed by atoms with Crippen molar-refractivity contribution in [3.63, 3.8) is 0 Å². The Hall–Kier alpha value is -3.75. The number of carbonyl (C=O) groups is 1. The first-order valence-electron chi connectivity index (χ1n) is 7.63. The second-order valence-electron chi connectivity index (χ2n) is 5.22. The monoisotopic (exact) mass is 354 g/mol. The van der Waals surface area contributed by atoms with E-state index in [9.17, 15) is 14.9 Å². The number of amides is 1. The summed E-state index contributed by atoms with van der Waals surface area (Å²) in [7, 11) is 0. The van der Waals surface area contributed by atoms with Crippen LogP contribution >= 0.6 is 0 Å². The lowest BCUT2D eigenvalue weighted by Gasteiger charge is -2.05. The Morgan fingerprint density at radius 1 is 1.15 bits per heavy atom. The predicted molar refractivity (Wildman–Crippen MR) is 89.9 cm³/mol. The number of ether oxygens (including phenoxy) is 1. The zero-order valence-corrected chi connectivity index (χ0v) is 13.5. The molecule has 3 aromatic rings. The molecule has 1 amide bonds. The highest BCUT2D eigenvalue weighted by Gasteiger charge is 2.13. The Bertz CT molecular complexity index is 910. The maximum atomic E-state index is 11.7. The predicted octanol–water partition coefficient (Wildman–Crippen LogP) is 3.07. The number of hydrogen-bond donors (Lipinski definition) is 1. The number of nitrogens with zero attached hydrogens (tertiary/aromatic N) is 3. The molecule has 0 bridgehead atoms. The van der Waals surface area contributed by atoms with Gasteiger partial charge in [0.15, 0.2) is 0 Å². The Labute approximate surface area is 147 Å². The number of rotatable bonds is 6. The number of nitro benzene ring substituents is 1. The molecular weight excluding hydrogens is 340 g/mol. The van der Waals surface area contributed by atoms with Crippen molar-refractivity contribution in [3.8, 4) is 11.5 Å². The third kappa shape index (κ3) is 4.41. The van der Waals surface area contributed by atoms with Gasteiger partial charge in [-0.3, -0.25) is 10.1 Å². The average Bonchev–Trinajstić information content (AvgIpc) is 3.15. The Balaban J connectivity index is 1.54. The third-order valence-corrected chi connectivity index (χ3v) is 3.37. The summed E-state index contributed by atoms with van der Waals surface area (Å²) in [6.07, 6.45) is -0.621. The fourth-order valence-electron chi connectivity index (χ4n) is 2.12. The highest BCUT2D eigenvalue weighted by Crippen LogP contribution is 2.22. The lowest BCUT2D eigenvalue weighted by molar-refractivity contribution is -0.384. The molecule has 0 saturated heterocycles. The minimum Gasteiger partial charge on any atom is -0.445 e. The number of carbonyl (C=O) groups excluding carboxylic acids is 1. The Kier molecular flexibility index (Phi) is 5.18. The van der Waals surface area contributed by atoms with E-state index in [4.69, 9.17) is 9.15 Å². The van der Waals surface area contributed by atoms with E-state index >= 15 is 0 Å². The molecule has 0 aliphatic rings. The molecule has 0 radical (unpaired) electrons. The van der Waals surface area contributed by atoms with Gasteiger partial charge in [0.25, 0.3) is 5.69 Å². The van der Waals surface area contributed by atoms with Gasteiger partial charge in [-0.2, -0.15) is 0 Å². The Morgan fingerprint density at radius 3 is 2.73 bits per heavy atom. The SMILES string of the molecule is O=C(NCc1nnc(-c2cccc([N+](=O)[O-])c2)o1)OCc1ccccc1.